The molecule has 1 fully saturated rings. The van der Waals surface area contributed by atoms with Crippen LogP contribution in [0.2, 0.25) is 0 Å². The summed E-state index contributed by atoms with van der Waals surface area (Å²) < 4.78 is 31.9. The lowest BCUT2D eigenvalue weighted by atomic mass is 10.0. The van der Waals surface area contributed by atoms with Crippen molar-refractivity contribution in [2.24, 2.45) is 0 Å². The molecular weight excluding hydrogens is 356 g/mol. The topological polar surface area (TPSA) is 49.9 Å². The molecule has 0 spiro atoms. The number of rotatable bonds is 6. The fourth-order valence-electron chi connectivity index (χ4n) is 3.37. The van der Waals surface area contributed by atoms with Crippen molar-refractivity contribution >= 4 is 21.4 Å². The Kier molecular flexibility index (Phi) is 4.82. The molecule has 1 aromatic carbocycles. The first-order valence-electron chi connectivity index (χ1n) is 8.57. The lowest BCUT2D eigenvalue weighted by Crippen LogP contribution is -2.62. The van der Waals surface area contributed by atoms with Crippen LogP contribution >= 0.6 is 11.3 Å². The van der Waals surface area contributed by atoms with Crippen LogP contribution in [0.25, 0.3) is 0 Å². The van der Waals surface area contributed by atoms with Crippen molar-refractivity contribution in [3.63, 3.8) is 0 Å². The number of fused-ring (bicyclic) bond motifs is 1. The van der Waals surface area contributed by atoms with E-state index in [1.165, 1.54) is 10.4 Å². The van der Waals surface area contributed by atoms with E-state index in [-0.39, 0.29) is 12.4 Å². The number of hydrogen-bond donors (Lipinski definition) is 0. The highest BCUT2D eigenvalue weighted by molar-refractivity contribution is 7.89. The molecule has 25 heavy (non-hydrogen) atoms. The normalized spacial score (nSPS) is 19.4. The minimum atomic E-state index is -3.23. The van der Waals surface area contributed by atoms with E-state index in [9.17, 15) is 8.42 Å². The summed E-state index contributed by atoms with van der Waals surface area (Å²) in [6, 6.07) is 11.9. The van der Waals surface area contributed by atoms with Crippen LogP contribution in [0.15, 0.2) is 41.8 Å². The molecule has 134 valence electrons. The fourth-order valence-corrected chi connectivity index (χ4v) is 5.61. The Hall–Kier alpha value is -1.41. The van der Waals surface area contributed by atoms with Gasteiger partial charge in [-0.3, -0.25) is 4.90 Å². The van der Waals surface area contributed by atoms with Gasteiger partial charge in [0, 0.05) is 37.1 Å². The van der Waals surface area contributed by atoms with Crippen molar-refractivity contribution in [2.45, 2.75) is 19.0 Å². The Labute approximate surface area is 152 Å². The molecule has 0 unspecified atom stereocenters. The molecule has 0 amide bonds. The van der Waals surface area contributed by atoms with Gasteiger partial charge in [0.15, 0.2) is 0 Å². The van der Waals surface area contributed by atoms with Crippen LogP contribution in [0.4, 0.5) is 0 Å². The van der Waals surface area contributed by atoms with Gasteiger partial charge in [0.1, 0.15) is 12.4 Å². The number of ether oxygens (including phenoxy) is 1. The van der Waals surface area contributed by atoms with Gasteiger partial charge in [-0.25, -0.2) is 8.42 Å². The molecule has 4 rings (SSSR count). The standard InChI is InChI=1S/C18H22N2O3S2/c21-25(22,11-9-23-17-4-2-1-3-5-17)20-13-16(14-20)19-8-6-18-15(12-19)7-10-24-18/h1-5,7,10,16H,6,8-9,11-14H2. The number of thiophene rings is 1. The lowest BCUT2D eigenvalue weighted by Gasteiger charge is -2.45. The summed E-state index contributed by atoms with van der Waals surface area (Å²) in [5.41, 5.74) is 1.41. The van der Waals surface area contributed by atoms with E-state index in [1.807, 2.05) is 41.7 Å². The summed E-state index contributed by atoms with van der Waals surface area (Å²) >= 11 is 1.83. The molecule has 0 saturated carbocycles. The van der Waals surface area contributed by atoms with Crippen molar-refractivity contribution < 1.29 is 13.2 Å². The molecular formula is C18H22N2O3S2. The maximum Gasteiger partial charge on any atom is 0.217 e. The minimum Gasteiger partial charge on any atom is -0.492 e. The summed E-state index contributed by atoms with van der Waals surface area (Å²) in [4.78, 5) is 3.90. The van der Waals surface area contributed by atoms with Crippen molar-refractivity contribution in [1.82, 2.24) is 9.21 Å². The van der Waals surface area contributed by atoms with Crippen molar-refractivity contribution in [2.75, 3.05) is 32.0 Å². The molecule has 2 aromatic rings. The van der Waals surface area contributed by atoms with Crippen LogP contribution in [0.5, 0.6) is 5.75 Å². The molecule has 2 aliphatic heterocycles. The molecule has 2 aliphatic rings. The van der Waals surface area contributed by atoms with Gasteiger partial charge in [0.05, 0.1) is 5.75 Å². The van der Waals surface area contributed by atoms with E-state index in [0.717, 1.165) is 19.5 Å². The fraction of sp³-hybridized carbons (Fsp3) is 0.444. The van der Waals surface area contributed by atoms with Crippen molar-refractivity contribution in [3.8, 4) is 5.75 Å². The first-order chi connectivity index (χ1) is 12.1. The van der Waals surface area contributed by atoms with E-state index >= 15 is 0 Å². The summed E-state index contributed by atoms with van der Waals surface area (Å²) in [5, 5.41) is 2.15. The summed E-state index contributed by atoms with van der Waals surface area (Å²) in [5.74, 6) is 0.739. The third-order valence-electron chi connectivity index (χ3n) is 4.93. The Morgan fingerprint density at radius 2 is 1.96 bits per heavy atom. The molecule has 0 bridgehead atoms. The maximum absolute atomic E-state index is 12.4. The number of para-hydroxylation sites is 1. The Morgan fingerprint density at radius 1 is 1.16 bits per heavy atom. The molecule has 0 aliphatic carbocycles. The predicted octanol–water partition coefficient (Wildman–Crippen LogP) is 2.20. The second-order valence-electron chi connectivity index (χ2n) is 6.54. The molecule has 0 radical (unpaired) electrons. The first kappa shape index (κ1) is 17.0. The molecule has 5 nitrogen and oxygen atoms in total. The monoisotopic (exact) mass is 378 g/mol. The maximum atomic E-state index is 12.4. The molecule has 3 heterocycles. The Bertz CT molecular complexity index is 814. The lowest BCUT2D eigenvalue weighted by molar-refractivity contribution is 0.0773. The predicted molar refractivity (Wildman–Crippen MR) is 99.5 cm³/mol. The number of hydrogen-bond acceptors (Lipinski definition) is 5. The molecule has 0 N–H and O–H groups in total. The van der Waals surface area contributed by atoms with Crippen LogP contribution in [-0.4, -0.2) is 55.7 Å². The summed E-state index contributed by atoms with van der Waals surface area (Å²) in [6.07, 6.45) is 1.08. The molecule has 1 aromatic heterocycles. The highest BCUT2D eigenvalue weighted by Gasteiger charge is 2.39. The van der Waals surface area contributed by atoms with Crippen LogP contribution in [-0.2, 0) is 23.0 Å². The van der Waals surface area contributed by atoms with Gasteiger partial charge in [0.25, 0.3) is 0 Å². The van der Waals surface area contributed by atoms with Gasteiger partial charge in [-0.15, -0.1) is 11.3 Å². The zero-order chi connectivity index (χ0) is 17.3. The minimum absolute atomic E-state index is 0.0310. The van der Waals surface area contributed by atoms with Crippen LogP contribution in [0.3, 0.4) is 0 Å². The van der Waals surface area contributed by atoms with Gasteiger partial charge in [-0.1, -0.05) is 18.2 Å². The van der Waals surface area contributed by atoms with Crippen LogP contribution in [0, 0.1) is 0 Å². The highest BCUT2D eigenvalue weighted by atomic mass is 32.2. The van der Waals surface area contributed by atoms with E-state index in [0.29, 0.717) is 24.9 Å². The Morgan fingerprint density at radius 3 is 2.76 bits per heavy atom. The first-order valence-corrected chi connectivity index (χ1v) is 11.1. The zero-order valence-electron chi connectivity index (χ0n) is 14.0. The Balaban J connectivity index is 1.25. The summed E-state index contributed by atoms with van der Waals surface area (Å²) in [7, 11) is -3.23. The molecule has 0 atom stereocenters. The van der Waals surface area contributed by atoms with Gasteiger partial charge >= 0.3 is 0 Å². The highest BCUT2D eigenvalue weighted by Crippen LogP contribution is 2.28. The largest absolute Gasteiger partial charge is 0.492 e. The SMILES string of the molecule is O=S(=O)(CCOc1ccccc1)N1CC(N2CCc3sccc3C2)C1. The quantitative estimate of drug-likeness (QED) is 0.773. The van der Waals surface area contributed by atoms with Gasteiger partial charge < -0.3 is 4.74 Å². The number of sulfonamides is 1. The van der Waals surface area contributed by atoms with Gasteiger partial charge in [-0.05, 0) is 35.6 Å². The second kappa shape index (κ2) is 7.07. The average Bonchev–Trinajstić information content (AvgIpc) is 3.02. The van der Waals surface area contributed by atoms with Gasteiger partial charge in [-0.2, -0.15) is 4.31 Å². The third kappa shape index (κ3) is 3.74. The number of nitrogens with zero attached hydrogens (tertiary/aromatic N) is 2. The summed E-state index contributed by atoms with van der Waals surface area (Å²) in [6.45, 7) is 3.38. The smallest absolute Gasteiger partial charge is 0.217 e. The van der Waals surface area contributed by atoms with E-state index in [2.05, 4.69) is 16.3 Å². The van der Waals surface area contributed by atoms with E-state index < -0.39 is 10.0 Å². The van der Waals surface area contributed by atoms with Crippen molar-refractivity contribution in [1.29, 1.82) is 0 Å². The second-order valence-corrected chi connectivity index (χ2v) is 9.63. The van der Waals surface area contributed by atoms with Crippen molar-refractivity contribution in [3.05, 3.63) is 52.2 Å². The van der Waals surface area contributed by atoms with E-state index in [1.54, 1.807) is 4.31 Å². The molecule has 1 saturated heterocycles. The van der Waals surface area contributed by atoms with Crippen LogP contribution in [0.1, 0.15) is 10.4 Å². The van der Waals surface area contributed by atoms with Crippen LogP contribution < -0.4 is 4.74 Å². The number of benzene rings is 1. The third-order valence-corrected chi connectivity index (χ3v) is 7.72. The van der Waals surface area contributed by atoms with E-state index in [4.69, 9.17) is 4.74 Å². The zero-order valence-corrected chi connectivity index (χ0v) is 15.6. The van der Waals surface area contributed by atoms with Gasteiger partial charge in [0.2, 0.25) is 10.0 Å². The molecule has 7 heteroatoms. The average molecular weight is 379 g/mol.